The second kappa shape index (κ2) is 8.15. The van der Waals surface area contributed by atoms with E-state index in [4.69, 9.17) is 10.5 Å². The number of nitrogens with two attached hydrogens (primary N) is 1. The normalized spacial score (nSPS) is 13.0. The Balaban J connectivity index is 1.45. The van der Waals surface area contributed by atoms with E-state index in [1.807, 2.05) is 12.1 Å². The van der Waals surface area contributed by atoms with Crippen LogP contribution in [0.5, 0.6) is 5.75 Å². The molecule has 1 aromatic carbocycles. The van der Waals surface area contributed by atoms with Crippen LogP contribution in [0.4, 0.5) is 20.3 Å². The predicted octanol–water partition coefficient (Wildman–Crippen LogP) is 3.27. The van der Waals surface area contributed by atoms with E-state index in [9.17, 15) is 13.6 Å². The molecule has 0 atom stereocenters. The minimum atomic E-state index is -2.75. The van der Waals surface area contributed by atoms with Crippen molar-refractivity contribution < 1.29 is 18.3 Å². The maximum Gasteiger partial charge on any atom is 0.333 e. The Morgan fingerprint density at radius 1 is 1.27 bits per heavy atom. The summed E-state index contributed by atoms with van der Waals surface area (Å²) in [6.07, 6.45) is 5.34. The third-order valence-corrected chi connectivity index (χ3v) is 5.74. The van der Waals surface area contributed by atoms with E-state index in [-0.39, 0.29) is 12.1 Å². The van der Waals surface area contributed by atoms with Gasteiger partial charge < -0.3 is 20.4 Å². The molecule has 3 heterocycles. The molecule has 33 heavy (non-hydrogen) atoms. The van der Waals surface area contributed by atoms with Gasteiger partial charge in [0, 0.05) is 23.6 Å². The molecule has 5 rings (SSSR count). The fourth-order valence-electron chi connectivity index (χ4n) is 4.34. The highest BCUT2D eigenvalue weighted by Gasteiger charge is 2.25. The van der Waals surface area contributed by atoms with Gasteiger partial charge in [-0.15, -0.1) is 0 Å². The van der Waals surface area contributed by atoms with Crippen molar-refractivity contribution >= 4 is 28.4 Å². The van der Waals surface area contributed by atoms with E-state index in [1.165, 1.54) is 25.1 Å². The number of nitrogen functional groups attached to an aromatic ring is 1. The minimum Gasteiger partial charge on any atom is -0.494 e. The average molecular weight is 453 g/mol. The number of nitrogens with one attached hydrogen (secondary N) is 1. The number of aromatic nitrogens is 5. The number of ether oxygens (including phenoxy) is 1. The van der Waals surface area contributed by atoms with Gasteiger partial charge in [0.1, 0.15) is 17.6 Å². The van der Waals surface area contributed by atoms with Gasteiger partial charge in [0.05, 0.1) is 30.4 Å². The third-order valence-electron chi connectivity index (χ3n) is 5.74. The Kier molecular flexibility index (Phi) is 5.15. The third kappa shape index (κ3) is 3.65. The van der Waals surface area contributed by atoms with Gasteiger partial charge in [0.15, 0.2) is 5.82 Å². The Labute approximate surface area is 187 Å². The van der Waals surface area contributed by atoms with Crippen molar-refractivity contribution in [3.05, 3.63) is 53.7 Å². The fourth-order valence-corrected chi connectivity index (χ4v) is 4.34. The zero-order chi connectivity index (χ0) is 23.1. The molecule has 0 spiro atoms. The molecule has 0 fully saturated rings. The smallest absolute Gasteiger partial charge is 0.333 e. The molecule has 0 bridgehead atoms. The number of amides is 1. The number of methoxy groups -OCH3 is 1. The summed E-state index contributed by atoms with van der Waals surface area (Å²) in [6.45, 7) is -2.75. The van der Waals surface area contributed by atoms with Crippen molar-refractivity contribution in [1.29, 1.82) is 0 Å². The van der Waals surface area contributed by atoms with Gasteiger partial charge in [0.25, 0.3) is 0 Å². The second-order valence-electron chi connectivity index (χ2n) is 7.74. The van der Waals surface area contributed by atoms with Gasteiger partial charge in [-0.3, -0.25) is 4.79 Å². The summed E-state index contributed by atoms with van der Waals surface area (Å²) < 4.78 is 33.5. The zero-order valence-electron chi connectivity index (χ0n) is 17.8. The maximum atomic E-state index is 12.7. The van der Waals surface area contributed by atoms with Crippen molar-refractivity contribution in [3.63, 3.8) is 0 Å². The van der Waals surface area contributed by atoms with E-state index in [0.717, 1.165) is 47.9 Å². The highest BCUT2D eigenvalue weighted by molar-refractivity contribution is 5.94. The van der Waals surface area contributed by atoms with Gasteiger partial charge in [-0.2, -0.15) is 13.9 Å². The summed E-state index contributed by atoms with van der Waals surface area (Å²) in [5, 5.41) is 6.46. The molecule has 3 aromatic heterocycles. The van der Waals surface area contributed by atoms with E-state index >= 15 is 0 Å². The Morgan fingerprint density at radius 2 is 2.12 bits per heavy atom. The van der Waals surface area contributed by atoms with E-state index in [2.05, 4.69) is 25.0 Å². The number of rotatable bonds is 6. The molecule has 170 valence electrons. The quantitative estimate of drug-likeness (QED) is 0.463. The van der Waals surface area contributed by atoms with Crippen LogP contribution in [0.1, 0.15) is 29.9 Å². The van der Waals surface area contributed by atoms with Crippen LogP contribution in [-0.2, 0) is 24.1 Å². The standard InChI is InChI=1S/C22H21F2N7O2/c1-33-17-10-13(31-16-4-2-3-14(16)19-20(31)21(25)27-11-26-19)5-6-15(17)28-18(32)9-12-7-8-30(29-12)22(23)24/h5-8,10-11,22H,2-4,9H2,1H3,(H,28,32)(H2,25,26,27). The lowest BCUT2D eigenvalue weighted by Crippen LogP contribution is -2.16. The van der Waals surface area contributed by atoms with Gasteiger partial charge in [-0.25, -0.2) is 14.6 Å². The molecule has 3 N–H and O–H groups in total. The van der Waals surface area contributed by atoms with Crippen LogP contribution in [0.15, 0.2) is 36.8 Å². The van der Waals surface area contributed by atoms with Crippen molar-refractivity contribution in [3.8, 4) is 11.4 Å². The molecule has 1 aliphatic rings. The monoisotopic (exact) mass is 453 g/mol. The van der Waals surface area contributed by atoms with Crippen LogP contribution in [0.2, 0.25) is 0 Å². The first-order chi connectivity index (χ1) is 16.0. The largest absolute Gasteiger partial charge is 0.494 e. The SMILES string of the molecule is COc1cc(-n2c3c(c4ncnc(N)c42)CCC3)ccc1NC(=O)Cc1ccn(C(F)F)n1. The molecule has 0 unspecified atom stereocenters. The summed E-state index contributed by atoms with van der Waals surface area (Å²) in [5.74, 6) is 0.447. The number of alkyl halides is 2. The topological polar surface area (TPSA) is 113 Å². The van der Waals surface area contributed by atoms with Crippen molar-refractivity contribution in [2.24, 2.45) is 0 Å². The molecule has 0 saturated heterocycles. The number of anilines is 2. The molecular weight excluding hydrogens is 432 g/mol. The van der Waals surface area contributed by atoms with Gasteiger partial charge in [0.2, 0.25) is 5.91 Å². The lowest BCUT2D eigenvalue weighted by atomic mass is 10.2. The summed E-state index contributed by atoms with van der Waals surface area (Å²) in [7, 11) is 1.51. The minimum absolute atomic E-state index is 0.145. The molecule has 0 aliphatic heterocycles. The summed E-state index contributed by atoms with van der Waals surface area (Å²) >= 11 is 0. The molecule has 11 heteroatoms. The Bertz CT molecular complexity index is 1360. The number of hydrogen-bond acceptors (Lipinski definition) is 6. The molecule has 1 amide bonds. The number of aryl methyl sites for hydroxylation is 1. The van der Waals surface area contributed by atoms with E-state index in [0.29, 0.717) is 21.9 Å². The van der Waals surface area contributed by atoms with Crippen molar-refractivity contribution in [1.82, 2.24) is 24.3 Å². The molecule has 9 nitrogen and oxygen atoms in total. The van der Waals surface area contributed by atoms with E-state index in [1.54, 1.807) is 6.07 Å². The first-order valence-corrected chi connectivity index (χ1v) is 10.4. The Hall–Kier alpha value is -4.02. The van der Waals surface area contributed by atoms with Gasteiger partial charge in [-0.1, -0.05) is 0 Å². The summed E-state index contributed by atoms with van der Waals surface area (Å²) in [6, 6.07) is 6.78. The number of fused-ring (bicyclic) bond motifs is 3. The average Bonchev–Trinajstić information content (AvgIpc) is 3.51. The number of carbonyl (C=O) groups excluding carboxylic acids is 1. The lowest BCUT2D eigenvalue weighted by molar-refractivity contribution is -0.115. The van der Waals surface area contributed by atoms with Crippen LogP contribution in [0.3, 0.4) is 0 Å². The molecule has 0 radical (unpaired) electrons. The Morgan fingerprint density at radius 3 is 2.88 bits per heavy atom. The highest BCUT2D eigenvalue weighted by atomic mass is 19.3. The summed E-state index contributed by atoms with van der Waals surface area (Å²) in [5.41, 5.74) is 11.7. The van der Waals surface area contributed by atoms with Crippen LogP contribution in [-0.4, -0.2) is 37.3 Å². The molecule has 0 saturated carbocycles. The second-order valence-corrected chi connectivity index (χ2v) is 7.74. The maximum absolute atomic E-state index is 12.7. The summed E-state index contributed by atoms with van der Waals surface area (Å²) in [4.78, 5) is 21.1. The number of nitrogens with zero attached hydrogens (tertiary/aromatic N) is 5. The predicted molar refractivity (Wildman–Crippen MR) is 118 cm³/mol. The van der Waals surface area contributed by atoms with Gasteiger partial charge >= 0.3 is 6.55 Å². The molecular formula is C22H21F2N7O2. The van der Waals surface area contributed by atoms with Crippen molar-refractivity contribution in [2.45, 2.75) is 32.2 Å². The first kappa shape index (κ1) is 20.9. The highest BCUT2D eigenvalue weighted by Crippen LogP contribution is 2.38. The van der Waals surface area contributed by atoms with Crippen LogP contribution < -0.4 is 15.8 Å². The number of halogens is 2. The lowest BCUT2D eigenvalue weighted by Gasteiger charge is -2.15. The van der Waals surface area contributed by atoms with Crippen molar-refractivity contribution in [2.75, 3.05) is 18.2 Å². The van der Waals surface area contributed by atoms with Crippen LogP contribution in [0.25, 0.3) is 16.7 Å². The molecule has 1 aliphatic carbocycles. The zero-order valence-corrected chi connectivity index (χ0v) is 17.8. The van der Waals surface area contributed by atoms with Gasteiger partial charge in [-0.05, 0) is 43.0 Å². The first-order valence-electron chi connectivity index (χ1n) is 10.4. The number of hydrogen-bond donors (Lipinski definition) is 2. The van der Waals surface area contributed by atoms with Crippen LogP contribution >= 0.6 is 0 Å². The fraction of sp³-hybridized carbons (Fsp3) is 0.273. The van der Waals surface area contributed by atoms with E-state index < -0.39 is 12.5 Å². The van der Waals surface area contributed by atoms with Crippen LogP contribution in [0, 0.1) is 0 Å². The number of carbonyl (C=O) groups is 1. The number of benzene rings is 1. The molecule has 4 aromatic rings.